The summed E-state index contributed by atoms with van der Waals surface area (Å²) in [7, 11) is 0. The van der Waals surface area contributed by atoms with Crippen molar-refractivity contribution < 1.29 is 14.5 Å². The minimum atomic E-state index is -0.648. The minimum absolute atomic E-state index is 0.0355. The van der Waals surface area contributed by atoms with Crippen LogP contribution < -0.4 is 5.32 Å². The molecule has 0 aliphatic heterocycles. The van der Waals surface area contributed by atoms with Gasteiger partial charge in [0.05, 0.1) is 23.2 Å². The lowest BCUT2D eigenvalue weighted by atomic mass is 10.1. The van der Waals surface area contributed by atoms with Crippen molar-refractivity contribution in [3.8, 4) is 0 Å². The first-order valence-corrected chi connectivity index (χ1v) is 6.34. The number of nitro benzene ring substituents is 1. The molecule has 0 saturated heterocycles. The van der Waals surface area contributed by atoms with Crippen molar-refractivity contribution >= 4 is 34.8 Å². The van der Waals surface area contributed by atoms with Crippen LogP contribution in [0.4, 0.5) is 5.69 Å². The van der Waals surface area contributed by atoms with Crippen LogP contribution in [0.2, 0.25) is 5.02 Å². The number of benzene rings is 1. The highest BCUT2D eigenvalue weighted by Gasteiger charge is 2.22. The van der Waals surface area contributed by atoms with Gasteiger partial charge in [0.2, 0.25) is 0 Å². The highest BCUT2D eigenvalue weighted by molar-refractivity contribution is 6.34. The van der Waals surface area contributed by atoms with Gasteiger partial charge in [-0.25, -0.2) is 0 Å². The van der Waals surface area contributed by atoms with Gasteiger partial charge < -0.3 is 10.1 Å². The number of hydrogen-bond donors (Lipinski definition) is 1. The van der Waals surface area contributed by atoms with E-state index in [9.17, 15) is 14.9 Å². The van der Waals surface area contributed by atoms with E-state index in [4.69, 9.17) is 27.9 Å². The molecule has 1 aromatic carbocycles. The third kappa shape index (κ3) is 4.66. The second-order valence-electron chi connectivity index (χ2n) is 3.45. The van der Waals surface area contributed by atoms with E-state index in [1.807, 2.05) is 0 Å². The van der Waals surface area contributed by atoms with Crippen molar-refractivity contribution in [3.63, 3.8) is 0 Å². The van der Waals surface area contributed by atoms with Gasteiger partial charge in [-0.2, -0.15) is 0 Å². The zero-order chi connectivity index (χ0) is 14.3. The van der Waals surface area contributed by atoms with Crippen LogP contribution >= 0.6 is 23.2 Å². The van der Waals surface area contributed by atoms with Gasteiger partial charge in [-0.1, -0.05) is 17.7 Å². The van der Waals surface area contributed by atoms with Gasteiger partial charge in [-0.05, 0) is 6.07 Å². The van der Waals surface area contributed by atoms with E-state index in [0.29, 0.717) is 12.5 Å². The average Bonchev–Trinajstić information content (AvgIpc) is 2.37. The Hall–Kier alpha value is -1.37. The topological polar surface area (TPSA) is 81.5 Å². The summed E-state index contributed by atoms with van der Waals surface area (Å²) in [5.41, 5.74) is -0.474. The van der Waals surface area contributed by atoms with Gasteiger partial charge in [0.1, 0.15) is 5.56 Å². The minimum Gasteiger partial charge on any atom is -0.378 e. The molecule has 0 saturated carbocycles. The Balaban J connectivity index is 2.68. The predicted octanol–water partition coefficient (Wildman–Crippen LogP) is 2.23. The van der Waals surface area contributed by atoms with Crippen LogP contribution in [-0.2, 0) is 4.74 Å². The molecular weight excluding hydrogens is 295 g/mol. The lowest BCUT2D eigenvalue weighted by Gasteiger charge is -2.07. The third-order valence-electron chi connectivity index (χ3n) is 2.17. The van der Waals surface area contributed by atoms with Crippen LogP contribution in [0.1, 0.15) is 10.4 Å². The standard InChI is InChI=1S/C11H12Cl2N2O4/c12-4-6-19-7-5-14-11(16)10-8(13)2-1-3-9(10)15(17)18/h1-3H,4-7H2,(H,14,16). The number of rotatable bonds is 7. The zero-order valence-electron chi connectivity index (χ0n) is 9.90. The van der Waals surface area contributed by atoms with Gasteiger partial charge in [0.25, 0.3) is 11.6 Å². The fraction of sp³-hybridized carbons (Fsp3) is 0.364. The molecule has 8 heteroatoms. The highest BCUT2D eigenvalue weighted by atomic mass is 35.5. The summed E-state index contributed by atoms with van der Waals surface area (Å²) >= 11 is 11.2. The Labute approximate surface area is 119 Å². The number of carbonyl (C=O) groups excluding carboxylic acids is 1. The molecular formula is C11H12Cl2N2O4. The van der Waals surface area contributed by atoms with E-state index in [0.717, 1.165) is 0 Å². The van der Waals surface area contributed by atoms with Crippen LogP contribution in [0.25, 0.3) is 0 Å². The molecule has 0 fully saturated rings. The molecule has 19 heavy (non-hydrogen) atoms. The van der Waals surface area contributed by atoms with Gasteiger partial charge in [0.15, 0.2) is 0 Å². The second-order valence-corrected chi connectivity index (χ2v) is 4.23. The molecule has 0 aliphatic rings. The van der Waals surface area contributed by atoms with E-state index in [1.54, 1.807) is 0 Å². The number of nitrogens with one attached hydrogen (secondary N) is 1. The van der Waals surface area contributed by atoms with Crippen molar-refractivity contribution in [1.82, 2.24) is 5.32 Å². The normalized spacial score (nSPS) is 10.2. The smallest absolute Gasteiger partial charge is 0.283 e. The Morgan fingerprint density at radius 3 is 2.79 bits per heavy atom. The quantitative estimate of drug-likeness (QED) is 0.362. The van der Waals surface area contributed by atoms with Gasteiger partial charge >= 0.3 is 0 Å². The Morgan fingerprint density at radius 2 is 2.16 bits per heavy atom. The molecule has 6 nitrogen and oxygen atoms in total. The molecule has 1 aromatic rings. The SMILES string of the molecule is O=C(NCCOCCCl)c1c(Cl)cccc1[N+](=O)[O-]. The van der Waals surface area contributed by atoms with E-state index < -0.39 is 10.8 Å². The van der Waals surface area contributed by atoms with E-state index in [2.05, 4.69) is 5.32 Å². The molecule has 1 N–H and O–H groups in total. The largest absolute Gasteiger partial charge is 0.378 e. The summed E-state index contributed by atoms with van der Waals surface area (Å²) in [6.45, 7) is 0.873. The van der Waals surface area contributed by atoms with Crippen molar-refractivity contribution in [2.24, 2.45) is 0 Å². The number of nitrogens with zero attached hydrogens (tertiary/aromatic N) is 1. The summed E-state index contributed by atoms with van der Waals surface area (Å²) in [4.78, 5) is 22.0. The number of carbonyl (C=O) groups is 1. The Kier molecular flexibility index (Phi) is 6.55. The average molecular weight is 307 g/mol. The van der Waals surface area contributed by atoms with Crippen LogP contribution in [-0.4, -0.2) is 36.5 Å². The van der Waals surface area contributed by atoms with Crippen molar-refractivity contribution in [3.05, 3.63) is 38.9 Å². The monoisotopic (exact) mass is 306 g/mol. The second kappa shape index (κ2) is 7.93. The van der Waals surface area contributed by atoms with Crippen LogP contribution in [0, 0.1) is 10.1 Å². The molecule has 0 radical (unpaired) electrons. The summed E-state index contributed by atoms with van der Waals surface area (Å²) in [6, 6.07) is 4.07. The number of nitro groups is 1. The Morgan fingerprint density at radius 1 is 1.42 bits per heavy atom. The predicted molar refractivity (Wildman–Crippen MR) is 72.0 cm³/mol. The van der Waals surface area contributed by atoms with Gasteiger partial charge in [-0.15, -0.1) is 11.6 Å². The van der Waals surface area contributed by atoms with E-state index >= 15 is 0 Å². The highest BCUT2D eigenvalue weighted by Crippen LogP contribution is 2.25. The first-order valence-electron chi connectivity index (χ1n) is 5.42. The molecule has 0 heterocycles. The molecule has 0 unspecified atom stereocenters. The number of alkyl halides is 1. The van der Waals surface area contributed by atoms with Gasteiger partial charge in [-0.3, -0.25) is 14.9 Å². The summed E-state index contributed by atoms with van der Waals surface area (Å²) in [5, 5.41) is 13.4. The van der Waals surface area contributed by atoms with E-state index in [1.165, 1.54) is 18.2 Å². The summed E-state index contributed by atoms with van der Waals surface area (Å²) in [6.07, 6.45) is 0. The number of ether oxygens (including phenoxy) is 1. The number of hydrogen-bond acceptors (Lipinski definition) is 4. The van der Waals surface area contributed by atoms with Crippen molar-refractivity contribution in [2.45, 2.75) is 0 Å². The fourth-order valence-corrected chi connectivity index (χ4v) is 1.74. The van der Waals surface area contributed by atoms with Crippen LogP contribution in [0.3, 0.4) is 0 Å². The molecule has 0 atom stereocenters. The van der Waals surface area contributed by atoms with Gasteiger partial charge in [0, 0.05) is 18.5 Å². The van der Waals surface area contributed by atoms with Crippen LogP contribution in [0.15, 0.2) is 18.2 Å². The van der Waals surface area contributed by atoms with E-state index in [-0.39, 0.29) is 29.4 Å². The summed E-state index contributed by atoms with van der Waals surface area (Å²) in [5.74, 6) is -0.240. The molecule has 1 amide bonds. The number of amides is 1. The molecule has 0 aromatic heterocycles. The maximum absolute atomic E-state index is 11.8. The van der Waals surface area contributed by atoms with Crippen molar-refractivity contribution in [1.29, 1.82) is 0 Å². The number of halogens is 2. The lowest BCUT2D eigenvalue weighted by molar-refractivity contribution is -0.385. The lowest BCUT2D eigenvalue weighted by Crippen LogP contribution is -2.28. The summed E-state index contributed by atoms with van der Waals surface area (Å²) < 4.78 is 5.06. The molecule has 1 rings (SSSR count). The molecule has 104 valence electrons. The first-order chi connectivity index (χ1) is 9.07. The molecule has 0 spiro atoms. The maximum atomic E-state index is 11.8. The Bertz CT molecular complexity index is 468. The molecule has 0 aliphatic carbocycles. The first kappa shape index (κ1) is 15.7. The maximum Gasteiger partial charge on any atom is 0.283 e. The zero-order valence-corrected chi connectivity index (χ0v) is 11.4. The molecule has 0 bridgehead atoms. The van der Waals surface area contributed by atoms with Crippen LogP contribution in [0.5, 0.6) is 0 Å². The van der Waals surface area contributed by atoms with Crippen molar-refractivity contribution in [2.75, 3.05) is 25.6 Å². The fourth-order valence-electron chi connectivity index (χ4n) is 1.37. The third-order valence-corrected chi connectivity index (χ3v) is 2.64.